The first-order chi connectivity index (χ1) is 14.2. The molecule has 1 heterocycles. The molecule has 2 unspecified atom stereocenters. The SMILES string of the molecule is O=C(C1CCc2ccccc21)N1CCC(Nc2ccccc2)[C@]2(O)CCCC[C@H]12. The molecule has 2 aromatic rings. The van der Waals surface area contributed by atoms with Crippen molar-refractivity contribution in [3.05, 3.63) is 65.7 Å². The average molecular weight is 391 g/mol. The number of likely N-dealkylation sites (tertiary alicyclic amines) is 1. The smallest absolute Gasteiger partial charge is 0.230 e. The van der Waals surface area contributed by atoms with Crippen molar-refractivity contribution < 1.29 is 9.90 Å². The van der Waals surface area contributed by atoms with E-state index >= 15 is 0 Å². The Kier molecular flexibility index (Phi) is 4.83. The highest BCUT2D eigenvalue weighted by molar-refractivity contribution is 5.85. The number of carbonyl (C=O) groups is 1. The molecule has 152 valence electrons. The molecule has 4 nitrogen and oxygen atoms in total. The lowest BCUT2D eigenvalue weighted by Gasteiger charge is -2.54. The summed E-state index contributed by atoms with van der Waals surface area (Å²) >= 11 is 0. The third kappa shape index (κ3) is 3.24. The number of nitrogens with zero attached hydrogens (tertiary/aromatic N) is 1. The van der Waals surface area contributed by atoms with Gasteiger partial charge in [-0.2, -0.15) is 0 Å². The van der Waals surface area contributed by atoms with E-state index in [1.807, 2.05) is 41.3 Å². The van der Waals surface area contributed by atoms with E-state index in [1.165, 1.54) is 11.1 Å². The molecule has 4 heteroatoms. The van der Waals surface area contributed by atoms with Gasteiger partial charge in [0.2, 0.25) is 5.91 Å². The van der Waals surface area contributed by atoms with Gasteiger partial charge in [0, 0.05) is 12.2 Å². The monoisotopic (exact) mass is 390 g/mol. The fourth-order valence-electron chi connectivity index (χ4n) is 5.88. The molecule has 2 aliphatic carbocycles. The van der Waals surface area contributed by atoms with Gasteiger partial charge in [0.05, 0.1) is 18.0 Å². The van der Waals surface area contributed by atoms with Crippen molar-refractivity contribution in [1.82, 2.24) is 4.90 Å². The van der Waals surface area contributed by atoms with Crippen molar-refractivity contribution in [2.24, 2.45) is 0 Å². The number of anilines is 1. The number of rotatable bonds is 3. The number of para-hydroxylation sites is 1. The van der Waals surface area contributed by atoms with Crippen molar-refractivity contribution in [2.45, 2.75) is 68.5 Å². The molecule has 29 heavy (non-hydrogen) atoms. The van der Waals surface area contributed by atoms with Crippen molar-refractivity contribution in [2.75, 3.05) is 11.9 Å². The topological polar surface area (TPSA) is 52.6 Å². The summed E-state index contributed by atoms with van der Waals surface area (Å²) in [7, 11) is 0. The van der Waals surface area contributed by atoms with Crippen LogP contribution < -0.4 is 5.32 Å². The number of carbonyl (C=O) groups excluding carboxylic acids is 1. The maximum atomic E-state index is 13.6. The zero-order valence-electron chi connectivity index (χ0n) is 16.9. The number of aliphatic hydroxyl groups is 1. The fraction of sp³-hybridized carbons (Fsp3) is 0.480. The van der Waals surface area contributed by atoms with E-state index in [4.69, 9.17) is 0 Å². The first kappa shape index (κ1) is 18.7. The third-order valence-corrected chi connectivity index (χ3v) is 7.35. The minimum absolute atomic E-state index is 0.0184. The van der Waals surface area contributed by atoms with Gasteiger partial charge in [-0.15, -0.1) is 0 Å². The summed E-state index contributed by atoms with van der Waals surface area (Å²) in [5.74, 6) is 0.175. The second kappa shape index (κ2) is 7.49. The number of aryl methyl sites for hydroxylation is 1. The summed E-state index contributed by atoms with van der Waals surface area (Å²) in [6.07, 6.45) is 6.40. The Hall–Kier alpha value is -2.33. The Morgan fingerprint density at radius 1 is 1.00 bits per heavy atom. The van der Waals surface area contributed by atoms with E-state index in [1.54, 1.807) is 0 Å². The first-order valence-corrected chi connectivity index (χ1v) is 11.1. The normalized spacial score (nSPS) is 31.1. The highest BCUT2D eigenvalue weighted by Gasteiger charge is 2.53. The lowest BCUT2D eigenvalue weighted by atomic mass is 9.70. The Morgan fingerprint density at radius 2 is 1.79 bits per heavy atom. The van der Waals surface area contributed by atoms with Gasteiger partial charge in [-0.1, -0.05) is 55.3 Å². The van der Waals surface area contributed by atoms with Crippen LogP contribution in [0.4, 0.5) is 5.69 Å². The Labute approximate surface area is 172 Å². The largest absolute Gasteiger partial charge is 0.386 e. The van der Waals surface area contributed by atoms with Crippen LogP contribution in [0.1, 0.15) is 55.6 Å². The highest BCUT2D eigenvalue weighted by atomic mass is 16.3. The average Bonchev–Trinajstić information content (AvgIpc) is 3.19. The van der Waals surface area contributed by atoms with Gasteiger partial charge in [-0.05, 0) is 55.4 Å². The van der Waals surface area contributed by atoms with Gasteiger partial charge >= 0.3 is 0 Å². The molecule has 0 radical (unpaired) electrons. The van der Waals surface area contributed by atoms with Crippen molar-refractivity contribution >= 4 is 11.6 Å². The second-order valence-electron chi connectivity index (χ2n) is 8.93. The van der Waals surface area contributed by atoms with Crippen LogP contribution in [0.25, 0.3) is 0 Å². The van der Waals surface area contributed by atoms with Crippen LogP contribution in [0.15, 0.2) is 54.6 Å². The van der Waals surface area contributed by atoms with E-state index < -0.39 is 5.60 Å². The standard InChI is InChI=1S/C25H30N2O2/c28-24(21-14-13-18-8-4-5-11-20(18)21)27-17-15-22(26-19-9-2-1-3-10-19)25(29)16-7-6-12-23(25)27/h1-5,8-11,21-23,26,29H,6-7,12-17H2/t21?,22?,23-,25+/m0/s1. The van der Waals surface area contributed by atoms with Crippen LogP contribution in [0, 0.1) is 0 Å². The summed E-state index contributed by atoms with van der Waals surface area (Å²) in [6.45, 7) is 0.717. The molecular weight excluding hydrogens is 360 g/mol. The number of fused-ring (bicyclic) bond motifs is 2. The molecule has 1 saturated carbocycles. The highest BCUT2D eigenvalue weighted by Crippen LogP contribution is 2.43. The number of benzene rings is 2. The maximum absolute atomic E-state index is 13.6. The van der Waals surface area contributed by atoms with Crippen molar-refractivity contribution in [3.63, 3.8) is 0 Å². The molecule has 3 aliphatic rings. The molecule has 5 rings (SSSR count). The number of hydrogen-bond acceptors (Lipinski definition) is 3. The summed E-state index contributed by atoms with van der Waals surface area (Å²) in [4.78, 5) is 15.7. The second-order valence-corrected chi connectivity index (χ2v) is 8.93. The molecule has 2 N–H and O–H groups in total. The molecule has 1 aliphatic heterocycles. The molecule has 1 saturated heterocycles. The zero-order chi connectivity index (χ0) is 19.8. The molecule has 0 aromatic heterocycles. The van der Waals surface area contributed by atoms with Crippen LogP contribution in [0.2, 0.25) is 0 Å². The van der Waals surface area contributed by atoms with Gasteiger partial charge in [0.15, 0.2) is 0 Å². The Bertz CT molecular complexity index is 883. The molecule has 1 amide bonds. The molecule has 2 fully saturated rings. The van der Waals surface area contributed by atoms with E-state index in [9.17, 15) is 9.90 Å². The molecule has 0 bridgehead atoms. The Morgan fingerprint density at radius 3 is 2.66 bits per heavy atom. The number of nitrogens with one attached hydrogen (secondary N) is 1. The minimum atomic E-state index is -0.861. The first-order valence-electron chi connectivity index (χ1n) is 11.1. The van der Waals surface area contributed by atoms with Crippen molar-refractivity contribution in [3.8, 4) is 0 Å². The van der Waals surface area contributed by atoms with E-state index in [0.717, 1.165) is 57.2 Å². The summed E-state index contributed by atoms with van der Waals surface area (Å²) < 4.78 is 0. The van der Waals surface area contributed by atoms with Crippen molar-refractivity contribution in [1.29, 1.82) is 0 Å². The Balaban J connectivity index is 1.40. The van der Waals surface area contributed by atoms with E-state index in [-0.39, 0.29) is 23.9 Å². The van der Waals surface area contributed by atoms with Gasteiger partial charge < -0.3 is 15.3 Å². The molecule has 0 spiro atoms. The van der Waals surface area contributed by atoms with Gasteiger partial charge in [0.25, 0.3) is 0 Å². The van der Waals surface area contributed by atoms with Crippen LogP contribution in [0.3, 0.4) is 0 Å². The fourth-order valence-corrected chi connectivity index (χ4v) is 5.88. The molecular formula is C25H30N2O2. The maximum Gasteiger partial charge on any atom is 0.230 e. The predicted molar refractivity (Wildman–Crippen MR) is 115 cm³/mol. The molecule has 2 aromatic carbocycles. The van der Waals surface area contributed by atoms with Gasteiger partial charge in [-0.25, -0.2) is 0 Å². The lowest BCUT2D eigenvalue weighted by molar-refractivity contribution is -0.155. The van der Waals surface area contributed by atoms with Crippen LogP contribution in [-0.2, 0) is 11.2 Å². The van der Waals surface area contributed by atoms with E-state index in [2.05, 4.69) is 23.5 Å². The minimum Gasteiger partial charge on any atom is -0.386 e. The van der Waals surface area contributed by atoms with Gasteiger partial charge in [-0.3, -0.25) is 4.79 Å². The number of piperidine rings is 1. The van der Waals surface area contributed by atoms with Gasteiger partial charge in [0.1, 0.15) is 5.60 Å². The van der Waals surface area contributed by atoms with E-state index in [0.29, 0.717) is 0 Å². The summed E-state index contributed by atoms with van der Waals surface area (Å²) in [5, 5.41) is 15.4. The van der Waals surface area contributed by atoms with Crippen LogP contribution in [0.5, 0.6) is 0 Å². The number of hydrogen-bond donors (Lipinski definition) is 2. The summed E-state index contributed by atoms with van der Waals surface area (Å²) in [6, 6.07) is 18.4. The zero-order valence-corrected chi connectivity index (χ0v) is 16.9. The number of amides is 1. The predicted octanol–water partition coefficient (Wildman–Crippen LogP) is 4.10. The van der Waals surface area contributed by atoms with Crippen LogP contribution >= 0.6 is 0 Å². The molecule has 4 atom stereocenters. The quantitative estimate of drug-likeness (QED) is 0.830. The van der Waals surface area contributed by atoms with Crippen LogP contribution in [-0.4, -0.2) is 40.1 Å². The lowest BCUT2D eigenvalue weighted by Crippen LogP contribution is -2.68. The third-order valence-electron chi connectivity index (χ3n) is 7.35. The summed E-state index contributed by atoms with van der Waals surface area (Å²) in [5.41, 5.74) is 2.69.